The fraction of sp³-hybridized carbons (Fsp3) is 0.500. The molecule has 1 aromatic rings. The van der Waals surface area contributed by atoms with Crippen molar-refractivity contribution in [2.75, 3.05) is 10.5 Å². The SMILES string of the molecule is CCCS(=O)(=O)Nc1ccc(C(=O)N[C@H](CC(C)C)C(=O)O)cc1. The minimum absolute atomic E-state index is 0.0186. The van der Waals surface area contributed by atoms with E-state index >= 15 is 0 Å². The molecule has 0 unspecified atom stereocenters. The van der Waals surface area contributed by atoms with Gasteiger partial charge in [0.1, 0.15) is 6.04 Å². The van der Waals surface area contributed by atoms with E-state index in [-0.39, 0.29) is 17.2 Å². The number of carboxylic acids is 1. The summed E-state index contributed by atoms with van der Waals surface area (Å²) in [5.74, 6) is -1.45. The molecule has 3 N–H and O–H groups in total. The summed E-state index contributed by atoms with van der Waals surface area (Å²) in [7, 11) is -3.39. The van der Waals surface area contributed by atoms with Crippen LogP contribution in [0.1, 0.15) is 44.0 Å². The fourth-order valence-electron chi connectivity index (χ4n) is 2.12. The lowest BCUT2D eigenvalue weighted by molar-refractivity contribution is -0.139. The Morgan fingerprint density at radius 2 is 1.75 bits per heavy atom. The number of amides is 1. The van der Waals surface area contributed by atoms with Gasteiger partial charge in [-0.05, 0) is 43.0 Å². The number of hydrogen-bond acceptors (Lipinski definition) is 4. The van der Waals surface area contributed by atoms with Crippen molar-refractivity contribution in [3.05, 3.63) is 29.8 Å². The van der Waals surface area contributed by atoms with Crippen molar-refractivity contribution in [2.24, 2.45) is 5.92 Å². The maximum atomic E-state index is 12.1. The minimum atomic E-state index is -3.39. The molecule has 8 heteroatoms. The average Bonchev–Trinajstić information content (AvgIpc) is 2.46. The minimum Gasteiger partial charge on any atom is -0.480 e. The van der Waals surface area contributed by atoms with Crippen molar-refractivity contribution in [1.29, 1.82) is 0 Å². The third-order valence-electron chi connectivity index (χ3n) is 3.20. The maximum absolute atomic E-state index is 12.1. The Hall–Kier alpha value is -2.09. The van der Waals surface area contributed by atoms with Gasteiger partial charge in [-0.1, -0.05) is 20.8 Å². The van der Waals surface area contributed by atoms with Crippen LogP contribution in [0.15, 0.2) is 24.3 Å². The lowest BCUT2D eigenvalue weighted by atomic mass is 10.0. The summed E-state index contributed by atoms with van der Waals surface area (Å²) in [5, 5.41) is 11.6. The van der Waals surface area contributed by atoms with E-state index < -0.39 is 27.9 Å². The average molecular weight is 356 g/mol. The van der Waals surface area contributed by atoms with Crippen molar-refractivity contribution in [3.8, 4) is 0 Å². The lowest BCUT2D eigenvalue weighted by Crippen LogP contribution is -2.41. The van der Waals surface area contributed by atoms with Crippen LogP contribution in [-0.4, -0.2) is 37.2 Å². The summed E-state index contributed by atoms with van der Waals surface area (Å²) in [6.45, 7) is 5.52. The number of carboxylic acid groups (broad SMARTS) is 1. The molecule has 1 amide bonds. The molecule has 1 aromatic carbocycles. The van der Waals surface area contributed by atoms with E-state index in [1.54, 1.807) is 6.92 Å². The van der Waals surface area contributed by atoms with Crippen molar-refractivity contribution in [3.63, 3.8) is 0 Å². The molecular weight excluding hydrogens is 332 g/mol. The van der Waals surface area contributed by atoms with Crippen LogP contribution in [0.2, 0.25) is 0 Å². The van der Waals surface area contributed by atoms with E-state index in [0.717, 1.165) is 0 Å². The van der Waals surface area contributed by atoms with E-state index in [1.165, 1.54) is 24.3 Å². The van der Waals surface area contributed by atoms with E-state index in [2.05, 4.69) is 10.0 Å². The third-order valence-corrected chi connectivity index (χ3v) is 4.70. The van der Waals surface area contributed by atoms with Gasteiger partial charge in [0.25, 0.3) is 5.91 Å². The summed E-state index contributed by atoms with van der Waals surface area (Å²) in [5.41, 5.74) is 0.625. The highest BCUT2D eigenvalue weighted by molar-refractivity contribution is 7.92. The largest absolute Gasteiger partial charge is 0.480 e. The van der Waals surface area contributed by atoms with Crippen LogP contribution >= 0.6 is 0 Å². The molecule has 0 fully saturated rings. The standard InChI is InChI=1S/C16H24N2O5S/c1-4-9-24(22,23)18-13-7-5-12(6-8-13)15(19)17-14(16(20)21)10-11(2)3/h5-8,11,14,18H,4,9-10H2,1-3H3,(H,17,19)(H,20,21)/t14-/m1/s1. The van der Waals surface area contributed by atoms with Gasteiger partial charge in [-0.3, -0.25) is 9.52 Å². The van der Waals surface area contributed by atoms with Gasteiger partial charge in [0.05, 0.1) is 5.75 Å². The number of nitrogens with one attached hydrogen (secondary N) is 2. The Morgan fingerprint density at radius 1 is 1.17 bits per heavy atom. The van der Waals surface area contributed by atoms with Crippen LogP contribution in [0, 0.1) is 5.92 Å². The molecule has 1 rings (SSSR count). The van der Waals surface area contributed by atoms with Gasteiger partial charge in [0.15, 0.2) is 0 Å². The molecule has 0 saturated carbocycles. The predicted octanol–water partition coefficient (Wildman–Crippen LogP) is 2.07. The summed E-state index contributed by atoms with van der Waals surface area (Å²) >= 11 is 0. The second-order valence-electron chi connectivity index (χ2n) is 5.99. The summed E-state index contributed by atoms with van der Waals surface area (Å²) in [4.78, 5) is 23.3. The number of carbonyl (C=O) groups excluding carboxylic acids is 1. The normalized spacial score (nSPS) is 12.7. The first-order valence-electron chi connectivity index (χ1n) is 7.79. The monoisotopic (exact) mass is 356 g/mol. The predicted molar refractivity (Wildman–Crippen MR) is 92.5 cm³/mol. The molecule has 0 aliphatic heterocycles. The first-order chi connectivity index (χ1) is 11.1. The van der Waals surface area contributed by atoms with Gasteiger partial charge in [0.2, 0.25) is 10.0 Å². The summed E-state index contributed by atoms with van der Waals surface area (Å²) in [6, 6.07) is 4.89. The number of benzene rings is 1. The van der Waals surface area contributed by atoms with Gasteiger partial charge >= 0.3 is 5.97 Å². The van der Waals surface area contributed by atoms with Crippen molar-refractivity contribution in [1.82, 2.24) is 5.32 Å². The molecule has 0 aliphatic carbocycles. The Morgan fingerprint density at radius 3 is 2.21 bits per heavy atom. The molecule has 0 bridgehead atoms. The Labute approximate surface area is 142 Å². The molecule has 0 spiro atoms. The molecule has 0 saturated heterocycles. The third kappa shape index (κ3) is 6.57. The van der Waals surface area contributed by atoms with Crippen LogP contribution < -0.4 is 10.0 Å². The second-order valence-corrected chi connectivity index (χ2v) is 7.83. The van der Waals surface area contributed by atoms with Gasteiger partial charge in [-0.2, -0.15) is 0 Å². The molecule has 0 radical (unpaired) electrons. The number of carbonyl (C=O) groups is 2. The first-order valence-corrected chi connectivity index (χ1v) is 9.44. The lowest BCUT2D eigenvalue weighted by Gasteiger charge is -2.16. The molecule has 134 valence electrons. The van der Waals surface area contributed by atoms with Crippen LogP contribution in [0.25, 0.3) is 0 Å². The zero-order valence-corrected chi connectivity index (χ0v) is 14.9. The molecule has 0 aliphatic rings. The summed E-state index contributed by atoms with van der Waals surface area (Å²) < 4.78 is 25.8. The molecule has 0 aromatic heterocycles. The number of hydrogen-bond donors (Lipinski definition) is 3. The highest BCUT2D eigenvalue weighted by atomic mass is 32.2. The first kappa shape index (κ1) is 20.0. The smallest absolute Gasteiger partial charge is 0.326 e. The second kappa shape index (κ2) is 8.68. The van der Waals surface area contributed by atoms with Crippen LogP contribution in [0.5, 0.6) is 0 Å². The van der Waals surface area contributed by atoms with Crippen LogP contribution in [0.3, 0.4) is 0 Å². The van der Waals surface area contributed by atoms with Gasteiger partial charge < -0.3 is 10.4 Å². The molecule has 1 atom stereocenters. The van der Waals surface area contributed by atoms with Crippen LogP contribution in [0.4, 0.5) is 5.69 Å². The number of rotatable bonds is 9. The van der Waals surface area contributed by atoms with E-state index in [9.17, 15) is 18.0 Å². The number of sulfonamides is 1. The van der Waals surface area contributed by atoms with E-state index in [0.29, 0.717) is 18.5 Å². The zero-order chi connectivity index (χ0) is 18.3. The quantitative estimate of drug-likeness (QED) is 0.627. The zero-order valence-electron chi connectivity index (χ0n) is 14.1. The topological polar surface area (TPSA) is 113 Å². The Bertz CT molecular complexity index is 668. The van der Waals surface area contributed by atoms with Crippen molar-refractivity contribution in [2.45, 2.75) is 39.7 Å². The van der Waals surface area contributed by atoms with Crippen molar-refractivity contribution < 1.29 is 23.1 Å². The fourth-order valence-corrected chi connectivity index (χ4v) is 3.26. The van der Waals surface area contributed by atoms with Crippen LogP contribution in [-0.2, 0) is 14.8 Å². The molecule has 24 heavy (non-hydrogen) atoms. The highest BCUT2D eigenvalue weighted by Gasteiger charge is 2.21. The van der Waals surface area contributed by atoms with Gasteiger partial charge in [0, 0.05) is 11.3 Å². The highest BCUT2D eigenvalue weighted by Crippen LogP contribution is 2.13. The van der Waals surface area contributed by atoms with E-state index in [4.69, 9.17) is 5.11 Å². The molecular formula is C16H24N2O5S. The Kier molecular flexibility index (Phi) is 7.21. The number of anilines is 1. The van der Waals surface area contributed by atoms with Gasteiger partial charge in [-0.15, -0.1) is 0 Å². The number of aliphatic carboxylic acids is 1. The van der Waals surface area contributed by atoms with Crippen molar-refractivity contribution >= 4 is 27.6 Å². The molecule has 0 heterocycles. The summed E-state index contributed by atoms with van der Waals surface area (Å²) in [6.07, 6.45) is 0.832. The maximum Gasteiger partial charge on any atom is 0.326 e. The van der Waals surface area contributed by atoms with Gasteiger partial charge in [-0.25, -0.2) is 13.2 Å². The molecule has 7 nitrogen and oxygen atoms in total. The Balaban J connectivity index is 2.77. The van der Waals surface area contributed by atoms with E-state index in [1.807, 2.05) is 13.8 Å².